The normalized spacial score (nSPS) is 7.88. The molecule has 0 saturated carbocycles. The van der Waals surface area contributed by atoms with Gasteiger partial charge in [-0.25, -0.2) is 0 Å². The van der Waals surface area contributed by atoms with Crippen LogP contribution in [0.1, 0.15) is 59.3 Å². The molecular formula is C12H27HoO3. The number of rotatable bonds is 6. The molecule has 0 aromatic rings. The van der Waals surface area contributed by atoms with Crippen LogP contribution < -0.4 is 15.3 Å². The third-order valence-electron chi connectivity index (χ3n) is 1.49. The van der Waals surface area contributed by atoms with Gasteiger partial charge in [-0.2, -0.15) is 0 Å². The molecule has 0 N–H and O–H groups in total. The molecule has 4 heteroatoms. The molecule has 104 valence electrons. The Morgan fingerprint density at radius 3 is 0.750 bits per heavy atom. The molecule has 0 fully saturated rings. The van der Waals surface area contributed by atoms with E-state index >= 15 is 0 Å². The standard InChI is InChI=1S/3C4H9O.Ho/c3*1-2-3-4-5;/h3*2-4H2,1H3;/q3*-1;+3. The average molecular weight is 384 g/mol. The van der Waals surface area contributed by atoms with E-state index in [-0.39, 0.29) is 57.6 Å². The topological polar surface area (TPSA) is 69.2 Å². The summed E-state index contributed by atoms with van der Waals surface area (Å²) in [7, 11) is 0. The summed E-state index contributed by atoms with van der Waals surface area (Å²) in [4.78, 5) is 0. The van der Waals surface area contributed by atoms with Crippen molar-refractivity contribution in [2.75, 3.05) is 19.8 Å². The zero-order chi connectivity index (χ0) is 12.4. The van der Waals surface area contributed by atoms with Crippen molar-refractivity contribution >= 4 is 0 Å². The van der Waals surface area contributed by atoms with Gasteiger partial charge in [0.1, 0.15) is 0 Å². The van der Waals surface area contributed by atoms with Crippen molar-refractivity contribution in [1.82, 2.24) is 0 Å². The molecule has 0 rings (SSSR count). The summed E-state index contributed by atoms with van der Waals surface area (Å²) in [6.07, 6.45) is 5.59. The molecule has 16 heavy (non-hydrogen) atoms. The Balaban J connectivity index is -0.0000000655. The summed E-state index contributed by atoms with van der Waals surface area (Å²) >= 11 is 0. The van der Waals surface area contributed by atoms with Gasteiger partial charge in [0.15, 0.2) is 0 Å². The molecule has 3 nitrogen and oxygen atoms in total. The van der Waals surface area contributed by atoms with E-state index in [1.807, 2.05) is 20.8 Å². The maximum atomic E-state index is 9.53. The fourth-order valence-electron chi connectivity index (χ4n) is 0.433. The molecule has 0 aliphatic heterocycles. The molecule has 0 amide bonds. The quantitative estimate of drug-likeness (QED) is 0.624. The van der Waals surface area contributed by atoms with Crippen molar-refractivity contribution in [3.8, 4) is 0 Å². The fraction of sp³-hybridized carbons (Fsp3) is 1.00. The molecule has 0 heterocycles. The van der Waals surface area contributed by atoms with Crippen molar-refractivity contribution in [1.29, 1.82) is 0 Å². The summed E-state index contributed by atoms with van der Waals surface area (Å²) in [5.74, 6) is 0. The summed E-state index contributed by atoms with van der Waals surface area (Å²) in [5.41, 5.74) is 0. The molecule has 0 bridgehead atoms. The molecule has 0 aliphatic carbocycles. The zero-order valence-electron chi connectivity index (χ0n) is 10.9. The summed E-state index contributed by atoms with van der Waals surface area (Å²) < 4.78 is 0. The van der Waals surface area contributed by atoms with Crippen molar-refractivity contribution in [2.24, 2.45) is 0 Å². The Morgan fingerprint density at radius 2 is 0.750 bits per heavy atom. The van der Waals surface area contributed by atoms with Gasteiger partial charge in [-0.05, 0) is 0 Å². The van der Waals surface area contributed by atoms with E-state index in [1.54, 1.807) is 0 Å². The van der Waals surface area contributed by atoms with Crippen molar-refractivity contribution in [2.45, 2.75) is 59.3 Å². The fourth-order valence-corrected chi connectivity index (χ4v) is 0.433. The van der Waals surface area contributed by atoms with Crippen LogP contribution in [0.5, 0.6) is 0 Å². The zero-order valence-corrected chi connectivity index (χ0v) is 12.8. The van der Waals surface area contributed by atoms with Gasteiger partial charge in [-0.3, -0.25) is 0 Å². The van der Waals surface area contributed by atoms with Gasteiger partial charge in [-0.15, -0.1) is 19.8 Å². The van der Waals surface area contributed by atoms with E-state index in [4.69, 9.17) is 0 Å². The predicted molar refractivity (Wildman–Crippen MR) is 59.3 cm³/mol. The number of unbranched alkanes of at least 4 members (excludes halogenated alkanes) is 3. The van der Waals surface area contributed by atoms with Crippen LogP contribution in [0.25, 0.3) is 0 Å². The SMILES string of the molecule is CCCC[O-].CCCC[O-].CCCC[O-].[Ho+3]. The first-order valence-corrected chi connectivity index (χ1v) is 5.99. The molecule has 0 aromatic carbocycles. The molecule has 0 aromatic heterocycles. The maximum Gasteiger partial charge on any atom is 3.00 e. The number of hydrogen-bond acceptors (Lipinski definition) is 3. The molecular weight excluding hydrogens is 357 g/mol. The Bertz CT molecular complexity index is 53.0. The van der Waals surface area contributed by atoms with Crippen LogP contribution in [-0.4, -0.2) is 19.8 Å². The molecule has 0 spiro atoms. The van der Waals surface area contributed by atoms with Crippen LogP contribution in [0.2, 0.25) is 0 Å². The van der Waals surface area contributed by atoms with E-state index in [1.165, 1.54) is 0 Å². The first-order chi connectivity index (χ1) is 7.24. The Hall–Kier alpha value is 1.14. The second kappa shape index (κ2) is 36.0. The van der Waals surface area contributed by atoms with Crippen LogP contribution in [0.4, 0.5) is 0 Å². The van der Waals surface area contributed by atoms with Gasteiger partial charge in [0.05, 0.1) is 0 Å². The van der Waals surface area contributed by atoms with Crippen molar-refractivity contribution < 1.29 is 53.1 Å². The van der Waals surface area contributed by atoms with Crippen LogP contribution in [0, 0.1) is 37.7 Å². The van der Waals surface area contributed by atoms with Gasteiger partial charge in [-0.1, -0.05) is 59.3 Å². The van der Waals surface area contributed by atoms with Crippen LogP contribution in [0.3, 0.4) is 0 Å². The van der Waals surface area contributed by atoms with Crippen molar-refractivity contribution in [3.05, 3.63) is 0 Å². The molecule has 0 radical (unpaired) electrons. The van der Waals surface area contributed by atoms with Crippen LogP contribution in [-0.2, 0) is 0 Å². The minimum absolute atomic E-state index is 0. The minimum Gasteiger partial charge on any atom is -0.854 e. The summed E-state index contributed by atoms with van der Waals surface area (Å²) in [6, 6.07) is 0. The second-order valence-electron chi connectivity index (χ2n) is 3.17. The molecule has 0 atom stereocenters. The maximum absolute atomic E-state index is 9.53. The van der Waals surface area contributed by atoms with E-state index in [2.05, 4.69) is 0 Å². The van der Waals surface area contributed by atoms with E-state index in [0.29, 0.717) is 0 Å². The van der Waals surface area contributed by atoms with Gasteiger partial charge >= 0.3 is 37.7 Å². The Morgan fingerprint density at radius 1 is 0.562 bits per heavy atom. The van der Waals surface area contributed by atoms with E-state index in [9.17, 15) is 15.3 Å². The molecule has 0 saturated heterocycles. The van der Waals surface area contributed by atoms with Gasteiger partial charge in [0, 0.05) is 0 Å². The molecule has 0 unspecified atom stereocenters. The van der Waals surface area contributed by atoms with E-state index in [0.717, 1.165) is 38.5 Å². The molecule has 0 aliphatic rings. The first kappa shape index (κ1) is 25.9. The predicted octanol–water partition coefficient (Wildman–Crippen LogP) is 0.440. The smallest absolute Gasteiger partial charge is 0.854 e. The largest absolute Gasteiger partial charge is 3.00 e. The Kier molecular flexibility index (Phi) is 58.2. The van der Waals surface area contributed by atoms with Gasteiger partial charge in [0.25, 0.3) is 0 Å². The first-order valence-electron chi connectivity index (χ1n) is 5.99. The minimum atomic E-state index is 0. The Labute approximate surface area is 131 Å². The monoisotopic (exact) mass is 384 g/mol. The third kappa shape index (κ3) is 59.4. The van der Waals surface area contributed by atoms with Crippen LogP contribution >= 0.6 is 0 Å². The van der Waals surface area contributed by atoms with Crippen LogP contribution in [0.15, 0.2) is 0 Å². The number of hydrogen-bond donors (Lipinski definition) is 0. The van der Waals surface area contributed by atoms with Gasteiger partial charge < -0.3 is 15.3 Å². The summed E-state index contributed by atoms with van der Waals surface area (Å²) in [6.45, 7) is 6.32. The van der Waals surface area contributed by atoms with Gasteiger partial charge in [0.2, 0.25) is 0 Å². The summed E-state index contributed by atoms with van der Waals surface area (Å²) in [5, 5.41) is 28.6. The average Bonchev–Trinajstić information content (AvgIpc) is 2.23. The van der Waals surface area contributed by atoms with Crippen molar-refractivity contribution in [3.63, 3.8) is 0 Å². The second-order valence-corrected chi connectivity index (χ2v) is 3.17. The van der Waals surface area contributed by atoms with E-state index < -0.39 is 0 Å². The third-order valence-corrected chi connectivity index (χ3v) is 1.49.